The maximum atomic E-state index is 11.1. The normalized spacial score (nSPS) is 17.9. The average molecular weight is 201 g/mol. The van der Waals surface area contributed by atoms with Crippen molar-refractivity contribution in [2.45, 2.75) is 25.8 Å². The second-order valence-electron chi connectivity index (χ2n) is 3.59. The third kappa shape index (κ3) is 4.07. The number of ether oxygens (including phenoxy) is 2. The van der Waals surface area contributed by atoms with Crippen molar-refractivity contribution >= 4 is 5.97 Å². The SMILES string of the molecule is CCOC(=O)CNC(COC)C1CC1. The van der Waals surface area contributed by atoms with Crippen LogP contribution < -0.4 is 5.32 Å². The quantitative estimate of drug-likeness (QED) is 0.612. The summed E-state index contributed by atoms with van der Waals surface area (Å²) in [6.07, 6.45) is 2.48. The summed E-state index contributed by atoms with van der Waals surface area (Å²) in [7, 11) is 1.68. The molecule has 0 aromatic heterocycles. The first-order valence-electron chi connectivity index (χ1n) is 5.15. The van der Waals surface area contributed by atoms with Crippen LogP contribution in [0.25, 0.3) is 0 Å². The van der Waals surface area contributed by atoms with Crippen LogP contribution in [0.1, 0.15) is 19.8 Å². The maximum Gasteiger partial charge on any atom is 0.319 e. The summed E-state index contributed by atoms with van der Waals surface area (Å²) in [5.41, 5.74) is 0. The largest absolute Gasteiger partial charge is 0.465 e. The summed E-state index contributed by atoms with van der Waals surface area (Å²) in [4.78, 5) is 11.1. The fourth-order valence-corrected chi connectivity index (χ4v) is 1.47. The third-order valence-electron chi connectivity index (χ3n) is 2.35. The molecule has 1 fully saturated rings. The first-order valence-corrected chi connectivity index (χ1v) is 5.15. The van der Waals surface area contributed by atoms with Crippen molar-refractivity contribution in [1.82, 2.24) is 5.32 Å². The lowest BCUT2D eigenvalue weighted by Gasteiger charge is -2.16. The molecular weight excluding hydrogens is 182 g/mol. The van der Waals surface area contributed by atoms with Gasteiger partial charge in [0.25, 0.3) is 0 Å². The molecule has 4 nitrogen and oxygen atoms in total. The molecule has 0 saturated heterocycles. The van der Waals surface area contributed by atoms with Crippen LogP contribution in [0.4, 0.5) is 0 Å². The number of esters is 1. The minimum Gasteiger partial charge on any atom is -0.465 e. The molecule has 82 valence electrons. The van der Waals surface area contributed by atoms with Gasteiger partial charge in [0.15, 0.2) is 0 Å². The van der Waals surface area contributed by atoms with E-state index in [1.807, 2.05) is 6.92 Å². The van der Waals surface area contributed by atoms with Crippen LogP contribution in [-0.2, 0) is 14.3 Å². The molecule has 1 N–H and O–H groups in total. The van der Waals surface area contributed by atoms with Gasteiger partial charge in [0, 0.05) is 13.2 Å². The molecule has 0 bridgehead atoms. The van der Waals surface area contributed by atoms with E-state index in [0.29, 0.717) is 31.7 Å². The number of hydrogen-bond acceptors (Lipinski definition) is 4. The van der Waals surface area contributed by atoms with Gasteiger partial charge >= 0.3 is 5.97 Å². The molecule has 0 heterocycles. The van der Waals surface area contributed by atoms with Gasteiger partial charge in [-0.3, -0.25) is 4.79 Å². The molecule has 1 saturated carbocycles. The Morgan fingerprint density at radius 2 is 2.29 bits per heavy atom. The first kappa shape index (κ1) is 11.5. The smallest absolute Gasteiger partial charge is 0.319 e. The van der Waals surface area contributed by atoms with Gasteiger partial charge in [-0.15, -0.1) is 0 Å². The molecule has 0 aromatic rings. The van der Waals surface area contributed by atoms with Gasteiger partial charge in [-0.05, 0) is 25.7 Å². The van der Waals surface area contributed by atoms with Crippen LogP contribution in [0.3, 0.4) is 0 Å². The highest BCUT2D eigenvalue weighted by atomic mass is 16.5. The number of hydrogen-bond donors (Lipinski definition) is 1. The van der Waals surface area contributed by atoms with Gasteiger partial charge < -0.3 is 14.8 Å². The summed E-state index contributed by atoms with van der Waals surface area (Å²) < 4.78 is 9.91. The Bertz CT molecular complexity index is 180. The van der Waals surface area contributed by atoms with E-state index in [-0.39, 0.29) is 5.97 Å². The van der Waals surface area contributed by atoms with Crippen molar-refractivity contribution in [2.24, 2.45) is 5.92 Å². The lowest BCUT2D eigenvalue weighted by molar-refractivity contribution is -0.142. The fraction of sp³-hybridized carbons (Fsp3) is 0.900. The van der Waals surface area contributed by atoms with Gasteiger partial charge in [-0.2, -0.15) is 0 Å². The van der Waals surface area contributed by atoms with E-state index in [0.717, 1.165) is 0 Å². The zero-order chi connectivity index (χ0) is 10.4. The molecule has 0 aromatic carbocycles. The fourth-order valence-electron chi connectivity index (χ4n) is 1.47. The van der Waals surface area contributed by atoms with Crippen LogP contribution in [0.15, 0.2) is 0 Å². The Kier molecular flexibility index (Phi) is 4.90. The molecular formula is C10H19NO3. The molecule has 0 radical (unpaired) electrons. The summed E-state index contributed by atoms with van der Waals surface area (Å²) in [5.74, 6) is 0.499. The van der Waals surface area contributed by atoms with Crippen molar-refractivity contribution in [3.8, 4) is 0 Å². The zero-order valence-electron chi connectivity index (χ0n) is 8.91. The highest BCUT2D eigenvalue weighted by Crippen LogP contribution is 2.32. The number of carbonyl (C=O) groups is 1. The number of rotatable bonds is 7. The van der Waals surface area contributed by atoms with Crippen LogP contribution in [-0.4, -0.2) is 38.9 Å². The Morgan fingerprint density at radius 3 is 2.79 bits per heavy atom. The van der Waals surface area contributed by atoms with Crippen molar-refractivity contribution in [1.29, 1.82) is 0 Å². The van der Waals surface area contributed by atoms with E-state index in [1.165, 1.54) is 12.8 Å². The highest BCUT2D eigenvalue weighted by Gasteiger charge is 2.31. The van der Waals surface area contributed by atoms with Gasteiger partial charge in [0.05, 0.1) is 19.8 Å². The van der Waals surface area contributed by atoms with Gasteiger partial charge in [0.2, 0.25) is 0 Å². The van der Waals surface area contributed by atoms with E-state index in [2.05, 4.69) is 5.32 Å². The van der Waals surface area contributed by atoms with Gasteiger partial charge in [-0.25, -0.2) is 0 Å². The Balaban J connectivity index is 2.15. The average Bonchev–Trinajstić information content (AvgIpc) is 2.96. The lowest BCUT2D eigenvalue weighted by atomic mass is 10.2. The molecule has 4 heteroatoms. The molecule has 0 aliphatic heterocycles. The standard InChI is InChI=1S/C10H19NO3/c1-3-14-10(12)6-11-9(7-13-2)8-4-5-8/h8-9,11H,3-7H2,1-2H3. The van der Waals surface area contributed by atoms with E-state index >= 15 is 0 Å². The second kappa shape index (κ2) is 5.98. The lowest BCUT2D eigenvalue weighted by Crippen LogP contribution is -2.39. The number of carbonyl (C=O) groups excluding carboxylic acids is 1. The summed E-state index contributed by atoms with van der Waals surface area (Å²) in [6, 6.07) is 0.310. The monoisotopic (exact) mass is 201 g/mol. The number of nitrogens with one attached hydrogen (secondary N) is 1. The summed E-state index contributed by atoms with van der Waals surface area (Å²) in [6.45, 7) is 3.22. The van der Waals surface area contributed by atoms with Crippen LogP contribution in [0.2, 0.25) is 0 Å². The minimum atomic E-state index is -0.186. The molecule has 14 heavy (non-hydrogen) atoms. The molecule has 1 aliphatic rings. The maximum absolute atomic E-state index is 11.1. The first-order chi connectivity index (χ1) is 6.77. The molecule has 1 atom stereocenters. The van der Waals surface area contributed by atoms with Crippen molar-refractivity contribution < 1.29 is 14.3 Å². The third-order valence-corrected chi connectivity index (χ3v) is 2.35. The van der Waals surface area contributed by atoms with Crippen molar-refractivity contribution in [2.75, 3.05) is 26.9 Å². The van der Waals surface area contributed by atoms with E-state index in [1.54, 1.807) is 7.11 Å². The molecule has 1 aliphatic carbocycles. The van der Waals surface area contributed by atoms with Crippen LogP contribution >= 0.6 is 0 Å². The minimum absolute atomic E-state index is 0.186. The summed E-state index contributed by atoms with van der Waals surface area (Å²) >= 11 is 0. The molecule has 1 unspecified atom stereocenters. The van der Waals surface area contributed by atoms with E-state index in [4.69, 9.17) is 9.47 Å². The van der Waals surface area contributed by atoms with E-state index < -0.39 is 0 Å². The predicted molar refractivity (Wildman–Crippen MR) is 53.0 cm³/mol. The Morgan fingerprint density at radius 1 is 1.57 bits per heavy atom. The number of methoxy groups -OCH3 is 1. The molecule has 1 rings (SSSR count). The Labute approximate surface area is 85.0 Å². The van der Waals surface area contributed by atoms with Crippen molar-refractivity contribution in [3.05, 3.63) is 0 Å². The topological polar surface area (TPSA) is 47.6 Å². The molecule has 0 amide bonds. The van der Waals surface area contributed by atoms with Crippen LogP contribution in [0.5, 0.6) is 0 Å². The molecule has 0 spiro atoms. The van der Waals surface area contributed by atoms with Crippen LogP contribution in [0, 0.1) is 5.92 Å². The Hall–Kier alpha value is -0.610. The predicted octanol–water partition coefficient (Wildman–Crippen LogP) is 0.564. The second-order valence-corrected chi connectivity index (χ2v) is 3.59. The summed E-state index contributed by atoms with van der Waals surface area (Å²) in [5, 5.41) is 3.17. The van der Waals surface area contributed by atoms with Gasteiger partial charge in [0.1, 0.15) is 0 Å². The highest BCUT2D eigenvalue weighted by molar-refractivity contribution is 5.71. The van der Waals surface area contributed by atoms with E-state index in [9.17, 15) is 4.79 Å². The van der Waals surface area contributed by atoms with Crippen molar-refractivity contribution in [3.63, 3.8) is 0 Å². The zero-order valence-corrected chi connectivity index (χ0v) is 8.91. The van der Waals surface area contributed by atoms with Gasteiger partial charge in [-0.1, -0.05) is 0 Å².